The maximum Gasteiger partial charge on any atom is 0.416 e. The van der Waals surface area contributed by atoms with Gasteiger partial charge in [0.1, 0.15) is 5.69 Å². The van der Waals surface area contributed by atoms with Gasteiger partial charge in [-0.15, -0.1) is 0 Å². The smallest absolute Gasteiger partial charge is 0.383 e. The molecule has 1 atom stereocenters. The van der Waals surface area contributed by atoms with Crippen LogP contribution in [0.3, 0.4) is 0 Å². The van der Waals surface area contributed by atoms with Crippen molar-refractivity contribution in [3.05, 3.63) is 24.0 Å². The Labute approximate surface area is 108 Å². The minimum atomic E-state index is -4.74. The molecule has 0 aliphatic heterocycles. The highest BCUT2D eigenvalue weighted by Crippen LogP contribution is 2.19. The zero-order chi connectivity index (χ0) is 14.5. The average molecular weight is 280 g/mol. The second-order valence-corrected chi connectivity index (χ2v) is 3.85. The molecule has 1 amide bonds. The number of nitrogens with zero attached hydrogens (tertiary/aromatic N) is 1. The third-order valence-electron chi connectivity index (χ3n) is 2.43. The lowest BCUT2D eigenvalue weighted by Gasteiger charge is -2.15. The Morgan fingerprint density at radius 1 is 1.58 bits per heavy atom. The summed E-state index contributed by atoms with van der Waals surface area (Å²) in [4.78, 5) is 11.7. The van der Waals surface area contributed by atoms with Crippen LogP contribution in [0.2, 0.25) is 0 Å². The molecule has 1 heterocycles. The summed E-state index contributed by atoms with van der Waals surface area (Å²) in [7, 11) is 1.50. The second kappa shape index (κ2) is 6.58. The van der Waals surface area contributed by atoms with Crippen molar-refractivity contribution in [2.24, 2.45) is 0 Å². The summed E-state index contributed by atoms with van der Waals surface area (Å²) in [5.41, 5.74) is 0.214. The minimum absolute atomic E-state index is 0.214. The standard InChI is InChI=1S/C11H15F3N2O3/c1-19-6-5-16-4-2-3-8(16)10(18)15-7-9(17)11(12,13)14/h2-4,9,17H,5-7H2,1H3,(H,15,18). The maximum atomic E-state index is 12.1. The number of aliphatic hydroxyl groups is 1. The molecule has 0 aliphatic carbocycles. The van der Waals surface area contributed by atoms with E-state index in [-0.39, 0.29) is 5.69 Å². The van der Waals surface area contributed by atoms with Crippen LogP contribution in [0.5, 0.6) is 0 Å². The average Bonchev–Trinajstić information content (AvgIpc) is 2.79. The van der Waals surface area contributed by atoms with E-state index in [2.05, 4.69) is 0 Å². The molecule has 0 fully saturated rings. The van der Waals surface area contributed by atoms with E-state index in [1.54, 1.807) is 16.8 Å². The van der Waals surface area contributed by atoms with E-state index in [1.807, 2.05) is 5.32 Å². The fraction of sp³-hybridized carbons (Fsp3) is 0.545. The van der Waals surface area contributed by atoms with Crippen LogP contribution < -0.4 is 5.32 Å². The molecular weight excluding hydrogens is 265 g/mol. The zero-order valence-corrected chi connectivity index (χ0v) is 10.3. The Morgan fingerprint density at radius 3 is 2.84 bits per heavy atom. The topological polar surface area (TPSA) is 63.5 Å². The number of aliphatic hydroxyl groups excluding tert-OH is 1. The van der Waals surface area contributed by atoms with Crippen molar-refractivity contribution in [3.8, 4) is 0 Å². The first-order valence-electron chi connectivity index (χ1n) is 5.53. The van der Waals surface area contributed by atoms with Gasteiger partial charge in [0.15, 0.2) is 6.10 Å². The predicted octanol–water partition coefficient (Wildman–Crippen LogP) is 0.788. The first-order chi connectivity index (χ1) is 8.86. The molecule has 19 heavy (non-hydrogen) atoms. The number of alkyl halides is 3. The lowest BCUT2D eigenvalue weighted by Crippen LogP contribution is -2.41. The van der Waals surface area contributed by atoms with Crippen molar-refractivity contribution in [2.75, 3.05) is 20.3 Å². The summed E-state index contributed by atoms with van der Waals surface area (Å²) in [5.74, 6) is -0.676. The third-order valence-corrected chi connectivity index (χ3v) is 2.43. The molecule has 0 radical (unpaired) electrons. The van der Waals surface area contributed by atoms with E-state index >= 15 is 0 Å². The summed E-state index contributed by atoms with van der Waals surface area (Å²) in [6, 6.07) is 3.08. The minimum Gasteiger partial charge on any atom is -0.383 e. The van der Waals surface area contributed by atoms with Gasteiger partial charge in [-0.25, -0.2) is 0 Å². The molecule has 1 aromatic rings. The SMILES string of the molecule is COCCn1cccc1C(=O)NCC(O)C(F)(F)F. The number of hydrogen-bond acceptors (Lipinski definition) is 3. The van der Waals surface area contributed by atoms with Crippen molar-refractivity contribution in [2.45, 2.75) is 18.8 Å². The molecule has 5 nitrogen and oxygen atoms in total. The number of nitrogens with one attached hydrogen (secondary N) is 1. The molecule has 0 saturated carbocycles. The van der Waals surface area contributed by atoms with Crippen molar-refractivity contribution in [1.82, 2.24) is 9.88 Å². The van der Waals surface area contributed by atoms with Crippen molar-refractivity contribution in [1.29, 1.82) is 0 Å². The van der Waals surface area contributed by atoms with Crippen LogP contribution in [0.15, 0.2) is 18.3 Å². The van der Waals surface area contributed by atoms with Gasteiger partial charge in [-0.2, -0.15) is 13.2 Å². The summed E-state index contributed by atoms with van der Waals surface area (Å²) in [6.45, 7) is -0.0913. The Kier molecular flexibility index (Phi) is 5.37. The van der Waals surface area contributed by atoms with Crippen LogP contribution in [-0.4, -0.2) is 48.1 Å². The van der Waals surface area contributed by atoms with Gasteiger partial charge in [0.25, 0.3) is 5.91 Å². The highest BCUT2D eigenvalue weighted by Gasteiger charge is 2.38. The summed E-state index contributed by atoms with van der Waals surface area (Å²) >= 11 is 0. The molecule has 108 valence electrons. The number of ether oxygens (including phenoxy) is 1. The lowest BCUT2D eigenvalue weighted by molar-refractivity contribution is -0.201. The third kappa shape index (κ3) is 4.56. The number of hydrogen-bond donors (Lipinski definition) is 2. The van der Waals surface area contributed by atoms with Gasteiger partial charge < -0.3 is 19.7 Å². The van der Waals surface area contributed by atoms with Gasteiger partial charge in [0.2, 0.25) is 0 Å². The van der Waals surface area contributed by atoms with Crippen molar-refractivity contribution < 1.29 is 27.8 Å². The van der Waals surface area contributed by atoms with Crippen LogP contribution in [-0.2, 0) is 11.3 Å². The number of halogens is 3. The molecule has 0 aromatic carbocycles. The molecule has 0 bridgehead atoms. The molecule has 0 spiro atoms. The fourth-order valence-corrected chi connectivity index (χ4v) is 1.40. The van der Waals surface area contributed by atoms with Gasteiger partial charge in [-0.05, 0) is 12.1 Å². The molecule has 8 heteroatoms. The van der Waals surface area contributed by atoms with Gasteiger partial charge in [-0.1, -0.05) is 0 Å². The van der Waals surface area contributed by atoms with Crippen LogP contribution in [0.1, 0.15) is 10.5 Å². The van der Waals surface area contributed by atoms with Crippen LogP contribution in [0, 0.1) is 0 Å². The van der Waals surface area contributed by atoms with Gasteiger partial charge in [0.05, 0.1) is 13.2 Å². The summed E-state index contributed by atoms with van der Waals surface area (Å²) in [5, 5.41) is 10.8. The number of methoxy groups -OCH3 is 1. The normalized spacial score (nSPS) is 13.3. The van der Waals surface area contributed by atoms with E-state index in [9.17, 15) is 18.0 Å². The van der Waals surface area contributed by atoms with Crippen LogP contribution >= 0.6 is 0 Å². The maximum absolute atomic E-state index is 12.1. The molecular formula is C11H15F3N2O3. The number of aromatic nitrogens is 1. The summed E-state index contributed by atoms with van der Waals surface area (Å²) in [6.07, 6.45) is -5.70. The largest absolute Gasteiger partial charge is 0.416 e. The fourth-order valence-electron chi connectivity index (χ4n) is 1.40. The molecule has 1 unspecified atom stereocenters. The number of carbonyl (C=O) groups excluding carboxylic acids is 1. The Bertz CT molecular complexity index is 418. The molecule has 2 N–H and O–H groups in total. The van der Waals surface area contributed by atoms with Crippen molar-refractivity contribution >= 4 is 5.91 Å². The number of rotatable bonds is 6. The molecule has 1 aromatic heterocycles. The first kappa shape index (κ1) is 15.5. The van der Waals surface area contributed by atoms with Gasteiger partial charge in [-0.3, -0.25) is 4.79 Å². The molecule has 0 aliphatic rings. The lowest BCUT2D eigenvalue weighted by atomic mass is 10.3. The quantitative estimate of drug-likeness (QED) is 0.809. The van der Waals surface area contributed by atoms with E-state index in [4.69, 9.17) is 9.84 Å². The number of amides is 1. The van der Waals surface area contributed by atoms with Crippen LogP contribution in [0.4, 0.5) is 13.2 Å². The molecule has 1 rings (SSSR count). The van der Waals surface area contributed by atoms with E-state index < -0.39 is 24.7 Å². The number of carbonyl (C=O) groups is 1. The Morgan fingerprint density at radius 2 is 2.26 bits per heavy atom. The predicted molar refractivity (Wildman–Crippen MR) is 60.7 cm³/mol. The second-order valence-electron chi connectivity index (χ2n) is 3.85. The summed E-state index contributed by atoms with van der Waals surface area (Å²) < 4.78 is 42.6. The van der Waals surface area contributed by atoms with E-state index in [0.717, 1.165) is 0 Å². The highest BCUT2D eigenvalue weighted by atomic mass is 19.4. The van der Waals surface area contributed by atoms with Crippen LogP contribution in [0.25, 0.3) is 0 Å². The Hall–Kier alpha value is -1.54. The van der Waals surface area contributed by atoms with E-state index in [0.29, 0.717) is 13.2 Å². The monoisotopic (exact) mass is 280 g/mol. The highest BCUT2D eigenvalue weighted by molar-refractivity contribution is 5.92. The zero-order valence-electron chi connectivity index (χ0n) is 10.3. The molecule has 0 saturated heterocycles. The van der Waals surface area contributed by atoms with Crippen molar-refractivity contribution in [3.63, 3.8) is 0 Å². The van der Waals surface area contributed by atoms with E-state index in [1.165, 1.54) is 13.2 Å². The first-order valence-corrected chi connectivity index (χ1v) is 5.53. The van der Waals surface area contributed by atoms with Gasteiger partial charge >= 0.3 is 6.18 Å². The van der Waals surface area contributed by atoms with Gasteiger partial charge in [0, 0.05) is 19.9 Å². The Balaban J connectivity index is 2.56.